The molecule has 3 N–H and O–H groups in total. The van der Waals surface area contributed by atoms with Crippen LogP contribution in [0.5, 0.6) is 0 Å². The van der Waals surface area contributed by atoms with E-state index in [-0.39, 0.29) is 6.10 Å². The highest BCUT2D eigenvalue weighted by Crippen LogP contribution is 2.35. The number of hydrogen-bond acceptors (Lipinski definition) is 3. The maximum Gasteiger partial charge on any atom is 0.151 e. The largest absolute Gasteiger partial charge is 0.393 e. The molecular weight excluding hydrogens is 204 g/mol. The summed E-state index contributed by atoms with van der Waals surface area (Å²) >= 11 is 0. The van der Waals surface area contributed by atoms with Crippen molar-refractivity contribution in [1.82, 2.24) is 0 Å². The molecule has 3 heteroatoms. The van der Waals surface area contributed by atoms with E-state index in [0.717, 1.165) is 38.5 Å². The van der Waals surface area contributed by atoms with Crippen molar-refractivity contribution in [1.29, 1.82) is 0 Å². The van der Waals surface area contributed by atoms with E-state index in [1.54, 1.807) is 0 Å². The molecule has 0 aromatic heterocycles. The van der Waals surface area contributed by atoms with Crippen molar-refractivity contribution < 1.29 is 15.3 Å². The predicted octanol–water partition coefficient (Wildman–Crippen LogP) is 2.04. The van der Waals surface area contributed by atoms with Crippen LogP contribution in [-0.4, -0.2) is 27.7 Å². The Morgan fingerprint density at radius 2 is 1.75 bits per heavy atom. The molecule has 0 spiro atoms. The summed E-state index contributed by atoms with van der Waals surface area (Å²) in [4.78, 5) is 0. The first-order valence-electron chi connectivity index (χ1n) is 6.65. The van der Waals surface area contributed by atoms with Crippen LogP contribution in [0.1, 0.15) is 58.3 Å². The van der Waals surface area contributed by atoms with Crippen LogP contribution in [0.3, 0.4) is 0 Å². The van der Waals surface area contributed by atoms with Crippen LogP contribution in [0, 0.1) is 11.8 Å². The lowest BCUT2D eigenvalue weighted by Crippen LogP contribution is -2.17. The minimum atomic E-state index is -1.14. The number of rotatable bonds is 7. The third-order valence-electron chi connectivity index (χ3n) is 3.89. The summed E-state index contributed by atoms with van der Waals surface area (Å²) in [5, 5.41) is 27.1. The van der Waals surface area contributed by atoms with Crippen molar-refractivity contribution in [2.24, 2.45) is 11.8 Å². The van der Waals surface area contributed by atoms with E-state index >= 15 is 0 Å². The molecule has 0 aliphatic heterocycles. The molecule has 0 aromatic carbocycles. The van der Waals surface area contributed by atoms with Gasteiger partial charge in [0.25, 0.3) is 0 Å². The van der Waals surface area contributed by atoms with Crippen molar-refractivity contribution >= 4 is 0 Å². The monoisotopic (exact) mass is 230 g/mol. The SMILES string of the molecule is CC1CCC(O)C1CCCCCCC(O)O. The standard InChI is InChI=1S/C13H26O3/c1-10-8-9-12(14)11(10)6-4-2-3-5-7-13(15)16/h10-16H,2-9H2,1H3. The van der Waals surface area contributed by atoms with Gasteiger partial charge in [-0.2, -0.15) is 0 Å². The quantitative estimate of drug-likeness (QED) is 0.463. The van der Waals surface area contributed by atoms with Crippen LogP contribution in [0.2, 0.25) is 0 Å². The van der Waals surface area contributed by atoms with Crippen LogP contribution in [-0.2, 0) is 0 Å². The summed E-state index contributed by atoms with van der Waals surface area (Å²) in [6.07, 6.45) is 6.80. The first kappa shape index (κ1) is 13.9. The molecule has 0 aromatic rings. The highest BCUT2D eigenvalue weighted by Gasteiger charge is 2.30. The fourth-order valence-electron chi connectivity index (χ4n) is 2.78. The van der Waals surface area contributed by atoms with Crippen LogP contribution in [0.15, 0.2) is 0 Å². The Bertz CT molecular complexity index is 172. The van der Waals surface area contributed by atoms with Crippen molar-refractivity contribution in [3.8, 4) is 0 Å². The number of hydrogen-bond donors (Lipinski definition) is 3. The van der Waals surface area contributed by atoms with E-state index in [1.165, 1.54) is 6.42 Å². The van der Waals surface area contributed by atoms with Gasteiger partial charge in [0, 0.05) is 0 Å². The summed E-state index contributed by atoms with van der Waals surface area (Å²) < 4.78 is 0. The molecule has 1 saturated carbocycles. The van der Waals surface area contributed by atoms with E-state index in [0.29, 0.717) is 18.3 Å². The highest BCUT2D eigenvalue weighted by molar-refractivity contribution is 4.81. The molecule has 0 radical (unpaired) electrons. The highest BCUT2D eigenvalue weighted by atomic mass is 16.5. The normalized spacial score (nSPS) is 30.2. The lowest BCUT2D eigenvalue weighted by atomic mass is 9.90. The Morgan fingerprint density at radius 3 is 2.31 bits per heavy atom. The summed E-state index contributed by atoms with van der Waals surface area (Å²) in [5.41, 5.74) is 0. The van der Waals surface area contributed by atoms with E-state index in [4.69, 9.17) is 10.2 Å². The van der Waals surface area contributed by atoms with Crippen LogP contribution in [0.4, 0.5) is 0 Å². The smallest absolute Gasteiger partial charge is 0.151 e. The topological polar surface area (TPSA) is 60.7 Å². The lowest BCUT2D eigenvalue weighted by Gasteiger charge is -2.18. The molecule has 1 fully saturated rings. The molecule has 16 heavy (non-hydrogen) atoms. The Kier molecular flexibility index (Phi) is 6.32. The Labute approximate surface area is 98.5 Å². The van der Waals surface area contributed by atoms with E-state index < -0.39 is 6.29 Å². The first-order chi connectivity index (χ1) is 7.61. The second kappa shape index (κ2) is 7.25. The summed E-state index contributed by atoms with van der Waals surface area (Å²) in [7, 11) is 0. The van der Waals surface area contributed by atoms with Gasteiger partial charge >= 0.3 is 0 Å². The molecule has 1 aliphatic rings. The third kappa shape index (κ3) is 4.81. The van der Waals surface area contributed by atoms with Crippen molar-refractivity contribution in [3.05, 3.63) is 0 Å². The molecule has 96 valence electrons. The Balaban J connectivity index is 1.98. The second-order valence-electron chi connectivity index (χ2n) is 5.26. The van der Waals surface area contributed by atoms with Crippen molar-refractivity contribution in [2.45, 2.75) is 70.7 Å². The molecule has 3 unspecified atom stereocenters. The van der Waals surface area contributed by atoms with E-state index in [2.05, 4.69) is 6.92 Å². The summed E-state index contributed by atoms with van der Waals surface area (Å²) in [6.45, 7) is 2.24. The lowest BCUT2D eigenvalue weighted by molar-refractivity contribution is -0.0466. The minimum absolute atomic E-state index is 0.0748. The first-order valence-corrected chi connectivity index (χ1v) is 6.65. The summed E-state index contributed by atoms with van der Waals surface area (Å²) in [6, 6.07) is 0. The van der Waals surface area contributed by atoms with Gasteiger partial charge in [-0.25, -0.2) is 0 Å². The number of aliphatic hydroxyl groups excluding tert-OH is 2. The van der Waals surface area contributed by atoms with Crippen molar-refractivity contribution in [3.63, 3.8) is 0 Å². The van der Waals surface area contributed by atoms with Gasteiger partial charge in [-0.15, -0.1) is 0 Å². The minimum Gasteiger partial charge on any atom is -0.393 e. The average Bonchev–Trinajstić information content (AvgIpc) is 2.53. The van der Waals surface area contributed by atoms with Gasteiger partial charge in [0.1, 0.15) is 0 Å². The maximum absolute atomic E-state index is 9.77. The maximum atomic E-state index is 9.77. The predicted molar refractivity (Wildman–Crippen MR) is 63.8 cm³/mol. The Morgan fingerprint density at radius 1 is 1.06 bits per heavy atom. The van der Waals surface area contributed by atoms with E-state index in [1.807, 2.05) is 0 Å². The molecule has 0 saturated heterocycles. The van der Waals surface area contributed by atoms with Crippen LogP contribution >= 0.6 is 0 Å². The van der Waals surface area contributed by atoms with Gasteiger partial charge in [-0.3, -0.25) is 0 Å². The fourth-order valence-corrected chi connectivity index (χ4v) is 2.78. The van der Waals surface area contributed by atoms with Gasteiger partial charge in [0.15, 0.2) is 6.29 Å². The molecular formula is C13H26O3. The average molecular weight is 230 g/mol. The van der Waals surface area contributed by atoms with Gasteiger partial charge in [0.05, 0.1) is 6.10 Å². The van der Waals surface area contributed by atoms with Crippen LogP contribution in [0.25, 0.3) is 0 Å². The molecule has 0 bridgehead atoms. The second-order valence-corrected chi connectivity index (χ2v) is 5.26. The molecule has 1 rings (SSSR count). The summed E-state index contributed by atoms with van der Waals surface area (Å²) in [5.74, 6) is 1.18. The number of unbranched alkanes of at least 4 members (excludes halogenated alkanes) is 3. The zero-order chi connectivity index (χ0) is 12.0. The number of aliphatic hydroxyl groups is 3. The van der Waals surface area contributed by atoms with Crippen molar-refractivity contribution in [2.75, 3.05) is 0 Å². The molecule has 1 aliphatic carbocycles. The van der Waals surface area contributed by atoms with E-state index in [9.17, 15) is 5.11 Å². The van der Waals surface area contributed by atoms with Gasteiger partial charge in [0.2, 0.25) is 0 Å². The molecule has 0 amide bonds. The Hall–Kier alpha value is -0.120. The fraction of sp³-hybridized carbons (Fsp3) is 1.00. The third-order valence-corrected chi connectivity index (χ3v) is 3.89. The zero-order valence-electron chi connectivity index (χ0n) is 10.3. The van der Waals surface area contributed by atoms with Gasteiger partial charge in [-0.05, 0) is 43.9 Å². The van der Waals surface area contributed by atoms with Crippen LogP contribution < -0.4 is 0 Å². The molecule has 3 atom stereocenters. The van der Waals surface area contributed by atoms with Gasteiger partial charge in [-0.1, -0.05) is 26.2 Å². The van der Waals surface area contributed by atoms with Gasteiger partial charge < -0.3 is 15.3 Å². The molecule has 3 nitrogen and oxygen atoms in total. The zero-order valence-corrected chi connectivity index (χ0v) is 10.3. The molecule has 0 heterocycles.